The highest BCUT2D eigenvalue weighted by Gasteiger charge is 2.39. The van der Waals surface area contributed by atoms with Crippen LogP contribution in [0.15, 0.2) is 59.3 Å². The lowest BCUT2D eigenvalue weighted by atomic mass is 9.87. The number of hydrogen-bond acceptors (Lipinski definition) is 6. The van der Waals surface area contributed by atoms with Crippen LogP contribution in [-0.2, 0) is 16.1 Å². The molecule has 3 aromatic rings. The smallest absolute Gasteiger partial charge is 0.407 e. The van der Waals surface area contributed by atoms with Gasteiger partial charge in [-0.15, -0.1) is 0 Å². The number of fused-ring (bicyclic) bond motifs is 3. The zero-order chi connectivity index (χ0) is 24.5. The van der Waals surface area contributed by atoms with Gasteiger partial charge in [-0.3, -0.25) is 9.59 Å². The van der Waals surface area contributed by atoms with E-state index in [1.54, 1.807) is 6.92 Å². The fraction of sp³-hybridized carbons (Fsp3) is 0.308. The van der Waals surface area contributed by atoms with E-state index in [0.717, 1.165) is 28.6 Å². The summed E-state index contributed by atoms with van der Waals surface area (Å²) in [5.74, 6) is -1.67. The number of amides is 2. The van der Waals surface area contributed by atoms with Crippen LogP contribution in [0.4, 0.5) is 4.79 Å². The van der Waals surface area contributed by atoms with Gasteiger partial charge in [-0.05, 0) is 22.3 Å². The van der Waals surface area contributed by atoms with Crippen LogP contribution in [0.5, 0.6) is 0 Å². The molecular weight excluding hydrogens is 450 g/mol. The normalized spacial score (nSPS) is 15.6. The minimum atomic E-state index is -0.878. The van der Waals surface area contributed by atoms with Crippen LogP contribution in [0.3, 0.4) is 0 Å². The number of aliphatic carboxylic acids is 1. The van der Waals surface area contributed by atoms with Crippen molar-refractivity contribution >= 4 is 18.0 Å². The van der Waals surface area contributed by atoms with E-state index in [1.165, 1.54) is 4.90 Å². The number of rotatable bonds is 7. The Morgan fingerprint density at radius 2 is 1.74 bits per heavy atom. The van der Waals surface area contributed by atoms with E-state index < -0.39 is 18.0 Å². The fourth-order valence-corrected chi connectivity index (χ4v) is 4.72. The van der Waals surface area contributed by atoms with Gasteiger partial charge in [-0.2, -0.15) is 0 Å². The Morgan fingerprint density at radius 3 is 2.37 bits per heavy atom. The fourth-order valence-electron chi connectivity index (χ4n) is 4.72. The highest BCUT2D eigenvalue weighted by atomic mass is 16.5. The van der Waals surface area contributed by atoms with E-state index in [-0.39, 0.29) is 42.3 Å². The maximum atomic E-state index is 12.7. The summed E-state index contributed by atoms with van der Waals surface area (Å²) in [6, 6.07) is 16.2. The molecule has 2 amide bonds. The van der Waals surface area contributed by atoms with E-state index in [2.05, 4.69) is 22.4 Å². The van der Waals surface area contributed by atoms with E-state index in [9.17, 15) is 14.4 Å². The van der Waals surface area contributed by atoms with Gasteiger partial charge in [0.05, 0.1) is 12.5 Å². The number of nitrogens with one attached hydrogen (secondary N) is 1. The molecule has 1 saturated heterocycles. The number of oxazole rings is 1. The quantitative estimate of drug-likeness (QED) is 0.536. The number of ether oxygens (including phenoxy) is 1. The summed E-state index contributed by atoms with van der Waals surface area (Å²) < 4.78 is 10.8. The van der Waals surface area contributed by atoms with E-state index >= 15 is 0 Å². The Balaban J connectivity index is 1.16. The molecule has 2 aliphatic rings. The molecule has 9 heteroatoms. The summed E-state index contributed by atoms with van der Waals surface area (Å²) in [6.07, 6.45) is 0.528. The van der Waals surface area contributed by atoms with E-state index in [4.69, 9.17) is 14.3 Å². The number of likely N-dealkylation sites (tertiary alicyclic amines) is 1. The van der Waals surface area contributed by atoms with Gasteiger partial charge in [0.1, 0.15) is 6.61 Å². The molecule has 0 spiro atoms. The molecule has 5 rings (SSSR count). The molecule has 2 aromatic carbocycles. The lowest BCUT2D eigenvalue weighted by molar-refractivity contribution is -0.144. The minimum Gasteiger partial charge on any atom is -0.481 e. The molecule has 2 N–H and O–H groups in total. The van der Waals surface area contributed by atoms with Crippen molar-refractivity contribution in [2.45, 2.75) is 19.4 Å². The van der Waals surface area contributed by atoms with Crippen molar-refractivity contribution in [1.82, 2.24) is 15.2 Å². The van der Waals surface area contributed by atoms with E-state index in [1.807, 2.05) is 36.4 Å². The van der Waals surface area contributed by atoms with Gasteiger partial charge < -0.3 is 24.5 Å². The highest BCUT2D eigenvalue weighted by molar-refractivity contribution is 5.94. The maximum Gasteiger partial charge on any atom is 0.407 e. The molecule has 1 aliphatic heterocycles. The molecule has 180 valence electrons. The second-order valence-electron chi connectivity index (χ2n) is 8.90. The van der Waals surface area contributed by atoms with Crippen molar-refractivity contribution in [2.24, 2.45) is 11.8 Å². The van der Waals surface area contributed by atoms with Gasteiger partial charge in [0.2, 0.25) is 0 Å². The first-order chi connectivity index (χ1) is 16.9. The molecular formula is C26H25N3O6. The van der Waals surface area contributed by atoms with Crippen molar-refractivity contribution in [3.8, 4) is 11.1 Å². The number of carboxylic acids is 1. The summed E-state index contributed by atoms with van der Waals surface area (Å²) in [7, 11) is 0. The molecule has 2 heterocycles. The topological polar surface area (TPSA) is 122 Å². The largest absolute Gasteiger partial charge is 0.481 e. The number of benzene rings is 2. The van der Waals surface area contributed by atoms with Crippen molar-refractivity contribution in [2.75, 3.05) is 19.7 Å². The Morgan fingerprint density at radius 1 is 1.11 bits per heavy atom. The molecule has 1 unspecified atom stereocenters. The van der Waals surface area contributed by atoms with Crippen molar-refractivity contribution in [3.05, 3.63) is 77.5 Å². The molecule has 1 atom stereocenters. The molecule has 0 radical (unpaired) electrons. The third kappa shape index (κ3) is 4.25. The second kappa shape index (κ2) is 9.25. The van der Waals surface area contributed by atoms with Crippen LogP contribution in [0.25, 0.3) is 11.1 Å². The third-order valence-electron chi connectivity index (χ3n) is 6.87. The molecule has 0 bridgehead atoms. The van der Waals surface area contributed by atoms with Crippen LogP contribution < -0.4 is 5.32 Å². The Labute approximate surface area is 201 Å². The predicted molar refractivity (Wildman–Crippen MR) is 125 cm³/mol. The zero-order valence-corrected chi connectivity index (χ0v) is 19.1. The molecule has 35 heavy (non-hydrogen) atoms. The second-order valence-corrected chi connectivity index (χ2v) is 8.90. The van der Waals surface area contributed by atoms with E-state index in [0.29, 0.717) is 13.1 Å². The Bertz CT molecular complexity index is 1230. The third-order valence-corrected chi connectivity index (χ3v) is 6.87. The van der Waals surface area contributed by atoms with Crippen molar-refractivity contribution < 1.29 is 28.6 Å². The molecule has 9 nitrogen and oxygen atoms in total. The van der Waals surface area contributed by atoms with Crippen molar-refractivity contribution in [3.63, 3.8) is 0 Å². The van der Waals surface area contributed by atoms with Gasteiger partial charge in [-0.25, -0.2) is 9.78 Å². The number of carboxylic acid groups (broad SMARTS) is 1. The van der Waals surface area contributed by atoms with Crippen LogP contribution in [0.2, 0.25) is 0 Å². The number of carbonyl (C=O) groups is 3. The lowest BCUT2D eigenvalue weighted by Gasteiger charge is -2.40. The van der Waals surface area contributed by atoms with Gasteiger partial charge in [0, 0.05) is 24.9 Å². The Hall–Kier alpha value is -4.14. The van der Waals surface area contributed by atoms with Crippen LogP contribution in [0.1, 0.15) is 40.2 Å². The van der Waals surface area contributed by atoms with Gasteiger partial charge in [0.25, 0.3) is 5.91 Å². The number of nitrogens with zero attached hydrogens (tertiary/aromatic N) is 2. The van der Waals surface area contributed by atoms with Gasteiger partial charge in [-0.1, -0.05) is 55.5 Å². The predicted octanol–water partition coefficient (Wildman–Crippen LogP) is 3.51. The highest BCUT2D eigenvalue weighted by Crippen LogP contribution is 2.44. The first-order valence-corrected chi connectivity index (χ1v) is 11.5. The molecule has 0 saturated carbocycles. The zero-order valence-electron chi connectivity index (χ0n) is 19.1. The average molecular weight is 476 g/mol. The Kier molecular flexibility index (Phi) is 5.98. The summed E-state index contributed by atoms with van der Waals surface area (Å²) in [4.78, 5) is 41.8. The number of aromatic nitrogens is 1. The number of hydrogen-bond donors (Lipinski definition) is 2. The maximum absolute atomic E-state index is 12.7. The standard InChI is InChI=1S/C26H25N3O6/c1-15(25(31)32)16-11-29(12-16)24(30)23-22(35-14-28-23)10-27-26(33)34-13-21-19-8-4-2-6-17(19)18-7-3-5-9-20(18)21/h2-9,14-16,21H,10-13H2,1H3,(H,27,33)(H,31,32). The summed E-state index contributed by atoms with van der Waals surface area (Å²) in [5.41, 5.74) is 4.63. The lowest BCUT2D eigenvalue weighted by Crippen LogP contribution is -2.53. The first-order valence-electron chi connectivity index (χ1n) is 11.5. The van der Waals surface area contributed by atoms with Crippen LogP contribution in [-0.4, -0.2) is 52.7 Å². The van der Waals surface area contributed by atoms with Crippen LogP contribution >= 0.6 is 0 Å². The minimum absolute atomic E-state index is 0.0527. The summed E-state index contributed by atoms with van der Waals surface area (Å²) in [5, 5.41) is 11.7. The molecule has 1 fully saturated rings. The average Bonchev–Trinajstić information content (AvgIpc) is 3.43. The number of alkyl carbamates (subject to hydrolysis) is 1. The summed E-state index contributed by atoms with van der Waals surface area (Å²) >= 11 is 0. The van der Waals surface area contributed by atoms with Crippen LogP contribution in [0, 0.1) is 11.8 Å². The monoisotopic (exact) mass is 475 g/mol. The molecule has 1 aromatic heterocycles. The first kappa shape index (κ1) is 22.6. The number of carbonyl (C=O) groups excluding carboxylic acids is 2. The SMILES string of the molecule is CC(C(=O)O)C1CN(C(=O)c2ncoc2CNC(=O)OCC2c3ccccc3-c3ccccc32)C1. The summed E-state index contributed by atoms with van der Waals surface area (Å²) in [6.45, 7) is 2.45. The molecule has 1 aliphatic carbocycles. The van der Waals surface area contributed by atoms with Crippen molar-refractivity contribution in [1.29, 1.82) is 0 Å². The van der Waals surface area contributed by atoms with Gasteiger partial charge >= 0.3 is 12.1 Å². The van der Waals surface area contributed by atoms with Gasteiger partial charge in [0.15, 0.2) is 17.8 Å².